The molecule has 5 nitrogen and oxygen atoms in total. The number of carbonyl (C=O) groups excluding carboxylic acids is 1. The van der Waals surface area contributed by atoms with E-state index in [-0.39, 0.29) is 11.4 Å². The molecule has 1 amide bonds. The van der Waals surface area contributed by atoms with E-state index in [1.54, 1.807) is 10.9 Å². The fraction of sp³-hybridized carbons (Fsp3) is 0.667. The smallest absolute Gasteiger partial charge is 0.225 e. The highest BCUT2D eigenvalue weighted by molar-refractivity contribution is 5.79. The molecule has 94 valence electrons. The molecule has 5 heteroatoms. The molecule has 1 aromatic heterocycles. The molecule has 0 radical (unpaired) electrons. The third-order valence-electron chi connectivity index (χ3n) is 3.45. The molecule has 1 saturated carbocycles. The second-order valence-electron chi connectivity index (χ2n) is 5.14. The van der Waals surface area contributed by atoms with E-state index in [0.29, 0.717) is 18.9 Å². The lowest BCUT2D eigenvalue weighted by molar-refractivity contribution is -0.122. The molecule has 0 saturated heterocycles. The molecule has 1 fully saturated rings. The summed E-state index contributed by atoms with van der Waals surface area (Å²) in [4.78, 5) is 11.9. The minimum atomic E-state index is -0.237. The summed E-state index contributed by atoms with van der Waals surface area (Å²) in [5, 5.41) is 7.11. The fourth-order valence-electron chi connectivity index (χ4n) is 2.15. The van der Waals surface area contributed by atoms with Crippen molar-refractivity contribution in [2.24, 2.45) is 18.7 Å². The van der Waals surface area contributed by atoms with Crippen molar-refractivity contribution < 1.29 is 4.79 Å². The van der Waals surface area contributed by atoms with Crippen molar-refractivity contribution >= 4 is 5.91 Å². The Kier molecular flexibility index (Phi) is 3.19. The van der Waals surface area contributed by atoms with Crippen LogP contribution in [0.25, 0.3) is 0 Å². The normalized spacial score (nSPS) is 18.8. The summed E-state index contributed by atoms with van der Waals surface area (Å²) in [6, 6.07) is 0. The number of aryl methyl sites for hydroxylation is 1. The summed E-state index contributed by atoms with van der Waals surface area (Å²) in [5.41, 5.74) is 6.46. The molecule has 1 aliphatic carbocycles. The van der Waals surface area contributed by atoms with Crippen LogP contribution in [0.4, 0.5) is 0 Å². The van der Waals surface area contributed by atoms with Crippen LogP contribution in [0.3, 0.4) is 0 Å². The van der Waals surface area contributed by atoms with Crippen molar-refractivity contribution in [1.29, 1.82) is 0 Å². The Bertz CT molecular complexity index is 410. The summed E-state index contributed by atoms with van der Waals surface area (Å²) >= 11 is 0. The zero-order valence-corrected chi connectivity index (χ0v) is 10.4. The molecule has 1 aromatic rings. The molecule has 1 heterocycles. The van der Waals surface area contributed by atoms with Crippen LogP contribution in [0, 0.1) is 5.92 Å². The van der Waals surface area contributed by atoms with Crippen molar-refractivity contribution in [1.82, 2.24) is 15.1 Å². The predicted molar refractivity (Wildman–Crippen MR) is 65.2 cm³/mol. The molecular formula is C12H20N4O. The molecule has 1 aliphatic rings. The standard InChI is InChI=1S/C12H20N4O/c1-12(8-13,10-3-4-10)15-11(17)5-9-6-14-16(2)7-9/h6-7,10H,3-5,8,13H2,1-2H3,(H,15,17). The van der Waals surface area contributed by atoms with Crippen LogP contribution < -0.4 is 11.1 Å². The molecule has 1 unspecified atom stereocenters. The number of carbonyl (C=O) groups is 1. The molecule has 17 heavy (non-hydrogen) atoms. The number of nitrogens with zero attached hydrogens (tertiary/aromatic N) is 2. The summed E-state index contributed by atoms with van der Waals surface area (Å²) < 4.78 is 1.70. The highest BCUT2D eigenvalue weighted by atomic mass is 16.1. The number of rotatable bonds is 5. The highest BCUT2D eigenvalue weighted by Gasteiger charge is 2.41. The maximum Gasteiger partial charge on any atom is 0.225 e. The van der Waals surface area contributed by atoms with Crippen molar-refractivity contribution in [3.63, 3.8) is 0 Å². The maximum atomic E-state index is 11.9. The van der Waals surface area contributed by atoms with Gasteiger partial charge in [-0.3, -0.25) is 9.48 Å². The lowest BCUT2D eigenvalue weighted by Gasteiger charge is -2.29. The summed E-state index contributed by atoms with van der Waals surface area (Å²) in [7, 11) is 1.84. The minimum Gasteiger partial charge on any atom is -0.349 e. The zero-order valence-electron chi connectivity index (χ0n) is 10.4. The first-order valence-corrected chi connectivity index (χ1v) is 6.02. The summed E-state index contributed by atoms with van der Waals surface area (Å²) in [6.45, 7) is 2.53. The van der Waals surface area contributed by atoms with Gasteiger partial charge >= 0.3 is 0 Å². The first kappa shape index (κ1) is 12.1. The number of hydrogen-bond donors (Lipinski definition) is 2. The molecule has 0 aromatic carbocycles. The molecular weight excluding hydrogens is 216 g/mol. The number of hydrogen-bond acceptors (Lipinski definition) is 3. The minimum absolute atomic E-state index is 0.0258. The van der Waals surface area contributed by atoms with Gasteiger partial charge in [-0.05, 0) is 31.2 Å². The van der Waals surface area contributed by atoms with Gasteiger partial charge in [0.2, 0.25) is 5.91 Å². The van der Waals surface area contributed by atoms with Crippen LogP contribution in [0.15, 0.2) is 12.4 Å². The van der Waals surface area contributed by atoms with E-state index in [2.05, 4.69) is 10.4 Å². The van der Waals surface area contributed by atoms with E-state index < -0.39 is 0 Å². The second-order valence-corrected chi connectivity index (χ2v) is 5.14. The number of nitrogens with two attached hydrogens (primary N) is 1. The lowest BCUT2D eigenvalue weighted by atomic mass is 9.95. The molecule has 3 N–H and O–H groups in total. The Hall–Kier alpha value is -1.36. The van der Waals surface area contributed by atoms with Crippen molar-refractivity contribution in [2.75, 3.05) is 6.54 Å². The van der Waals surface area contributed by atoms with Crippen LogP contribution >= 0.6 is 0 Å². The van der Waals surface area contributed by atoms with Crippen LogP contribution in [-0.4, -0.2) is 27.8 Å². The highest BCUT2D eigenvalue weighted by Crippen LogP contribution is 2.38. The quantitative estimate of drug-likeness (QED) is 0.767. The molecule has 1 atom stereocenters. The van der Waals surface area contributed by atoms with Gasteiger partial charge in [0.25, 0.3) is 0 Å². The van der Waals surface area contributed by atoms with E-state index in [9.17, 15) is 4.79 Å². The molecule has 0 spiro atoms. The predicted octanol–water partition coefficient (Wildman–Crippen LogP) is 0.206. The van der Waals surface area contributed by atoms with Crippen LogP contribution in [0.2, 0.25) is 0 Å². The molecule has 2 rings (SSSR count). The summed E-state index contributed by atoms with van der Waals surface area (Å²) in [6.07, 6.45) is 6.28. The Morgan fingerprint density at radius 2 is 2.41 bits per heavy atom. The lowest BCUT2D eigenvalue weighted by Crippen LogP contribution is -2.53. The largest absolute Gasteiger partial charge is 0.349 e. The van der Waals surface area contributed by atoms with Crippen molar-refractivity contribution in [3.05, 3.63) is 18.0 Å². The van der Waals surface area contributed by atoms with Gasteiger partial charge < -0.3 is 11.1 Å². The van der Waals surface area contributed by atoms with Gasteiger partial charge in [0.05, 0.1) is 18.2 Å². The van der Waals surface area contributed by atoms with Gasteiger partial charge in [-0.1, -0.05) is 0 Å². The van der Waals surface area contributed by atoms with Gasteiger partial charge in [0.1, 0.15) is 0 Å². The Morgan fingerprint density at radius 3 is 2.88 bits per heavy atom. The van der Waals surface area contributed by atoms with Crippen LogP contribution in [0.1, 0.15) is 25.3 Å². The summed E-state index contributed by atoms with van der Waals surface area (Å²) in [5.74, 6) is 0.572. The van der Waals surface area contributed by atoms with Gasteiger partial charge in [0, 0.05) is 19.8 Å². The number of nitrogens with one attached hydrogen (secondary N) is 1. The third-order valence-corrected chi connectivity index (χ3v) is 3.45. The van der Waals surface area contributed by atoms with E-state index in [4.69, 9.17) is 5.73 Å². The van der Waals surface area contributed by atoms with Crippen molar-refractivity contribution in [2.45, 2.75) is 31.7 Å². The van der Waals surface area contributed by atoms with E-state index >= 15 is 0 Å². The maximum absolute atomic E-state index is 11.9. The first-order chi connectivity index (χ1) is 8.03. The van der Waals surface area contributed by atoms with Gasteiger partial charge in [-0.25, -0.2) is 0 Å². The Labute approximate surface area is 101 Å². The SMILES string of the molecule is Cn1cc(CC(=O)NC(C)(CN)C2CC2)cn1. The van der Waals surface area contributed by atoms with Crippen LogP contribution in [0.5, 0.6) is 0 Å². The monoisotopic (exact) mass is 236 g/mol. The Morgan fingerprint density at radius 1 is 1.71 bits per heavy atom. The van der Waals surface area contributed by atoms with Gasteiger partial charge in [-0.2, -0.15) is 5.10 Å². The molecule has 0 bridgehead atoms. The van der Waals surface area contributed by atoms with Crippen LogP contribution in [-0.2, 0) is 18.3 Å². The van der Waals surface area contributed by atoms with Gasteiger partial charge in [0.15, 0.2) is 0 Å². The fourth-order valence-corrected chi connectivity index (χ4v) is 2.15. The average molecular weight is 236 g/mol. The van der Waals surface area contributed by atoms with E-state index in [0.717, 1.165) is 5.56 Å². The first-order valence-electron chi connectivity index (χ1n) is 6.02. The van der Waals surface area contributed by atoms with Crippen molar-refractivity contribution in [3.8, 4) is 0 Å². The third kappa shape index (κ3) is 2.85. The number of amides is 1. The van der Waals surface area contributed by atoms with E-state index in [1.165, 1.54) is 12.8 Å². The molecule has 0 aliphatic heterocycles. The Balaban J connectivity index is 1.92. The average Bonchev–Trinajstić information content (AvgIpc) is 3.04. The zero-order chi connectivity index (χ0) is 12.5. The topological polar surface area (TPSA) is 72.9 Å². The van der Waals surface area contributed by atoms with Gasteiger partial charge in [-0.15, -0.1) is 0 Å². The van der Waals surface area contributed by atoms with E-state index in [1.807, 2.05) is 20.2 Å². The second kappa shape index (κ2) is 4.49. The number of aromatic nitrogens is 2.